The van der Waals surface area contributed by atoms with E-state index in [0.29, 0.717) is 25.4 Å². The van der Waals surface area contributed by atoms with E-state index in [4.69, 9.17) is 5.10 Å². The van der Waals surface area contributed by atoms with E-state index in [1.54, 1.807) is 0 Å². The Morgan fingerprint density at radius 2 is 1.78 bits per heavy atom. The summed E-state index contributed by atoms with van der Waals surface area (Å²) in [5.41, 5.74) is 2.88. The zero-order valence-corrected chi connectivity index (χ0v) is 23.1. The lowest BCUT2D eigenvalue weighted by Crippen LogP contribution is -2.74. The van der Waals surface area contributed by atoms with Gasteiger partial charge in [0.05, 0.1) is 17.8 Å². The van der Waals surface area contributed by atoms with Crippen molar-refractivity contribution in [2.75, 3.05) is 19.6 Å². The minimum absolute atomic E-state index is 0.0972. The molecule has 1 spiro atoms. The van der Waals surface area contributed by atoms with Crippen molar-refractivity contribution < 1.29 is 14.7 Å². The van der Waals surface area contributed by atoms with Gasteiger partial charge in [0.25, 0.3) is 0 Å². The number of aromatic nitrogens is 2. The standard InChI is InChI=1S/C28H47N5O3/c1-6-7-15-32-26(35)24(25(34)19(2)3)29-27(36)28(32)13-16-31(17-14-28)18-23-20(4)30-33(21(23)5)22-11-9-8-10-12-22/h19,22,24-25,34H,6-18H2,1-5H3,(H,29,36)/t24-,25-/m1/s1. The van der Waals surface area contributed by atoms with E-state index in [-0.39, 0.29) is 17.7 Å². The van der Waals surface area contributed by atoms with Crippen molar-refractivity contribution >= 4 is 11.8 Å². The molecule has 8 nitrogen and oxygen atoms in total. The molecule has 0 unspecified atom stereocenters. The maximum absolute atomic E-state index is 13.5. The molecule has 3 fully saturated rings. The summed E-state index contributed by atoms with van der Waals surface area (Å²) >= 11 is 0. The summed E-state index contributed by atoms with van der Waals surface area (Å²) in [4.78, 5) is 31.3. The van der Waals surface area contributed by atoms with Gasteiger partial charge in [-0.15, -0.1) is 0 Å². The fourth-order valence-corrected chi connectivity index (χ4v) is 6.50. The zero-order valence-electron chi connectivity index (χ0n) is 23.1. The molecular weight excluding hydrogens is 454 g/mol. The number of aryl methyl sites for hydroxylation is 1. The number of nitrogens with one attached hydrogen (secondary N) is 1. The average Bonchev–Trinajstić information content (AvgIpc) is 3.15. The van der Waals surface area contributed by atoms with E-state index in [1.807, 2.05) is 18.7 Å². The van der Waals surface area contributed by atoms with Crippen LogP contribution in [0, 0.1) is 19.8 Å². The van der Waals surface area contributed by atoms with Gasteiger partial charge >= 0.3 is 0 Å². The van der Waals surface area contributed by atoms with Crippen molar-refractivity contribution in [3.63, 3.8) is 0 Å². The van der Waals surface area contributed by atoms with Crippen LogP contribution in [-0.4, -0.2) is 73.8 Å². The van der Waals surface area contributed by atoms with Gasteiger partial charge in [0, 0.05) is 37.4 Å². The molecule has 1 aliphatic carbocycles. The molecule has 2 aliphatic heterocycles. The number of hydrogen-bond donors (Lipinski definition) is 2. The van der Waals surface area contributed by atoms with Crippen molar-refractivity contribution in [3.05, 3.63) is 17.0 Å². The zero-order chi connectivity index (χ0) is 26.0. The van der Waals surface area contributed by atoms with Gasteiger partial charge in [-0.2, -0.15) is 5.10 Å². The third kappa shape index (κ3) is 5.08. The fraction of sp³-hybridized carbons (Fsp3) is 0.821. The van der Waals surface area contributed by atoms with Crippen molar-refractivity contribution in [3.8, 4) is 0 Å². The molecule has 1 saturated carbocycles. The first-order valence-electron chi connectivity index (χ1n) is 14.3. The molecule has 1 aromatic heterocycles. The van der Waals surface area contributed by atoms with Crippen LogP contribution in [0.25, 0.3) is 0 Å². The SMILES string of the molecule is CCCCN1C(=O)[C@@H]([C@H](O)C(C)C)NC(=O)C12CCN(Cc1c(C)nn(C3CCCCC3)c1C)CC2. The average molecular weight is 502 g/mol. The number of rotatable bonds is 8. The Hall–Kier alpha value is -1.93. The molecule has 2 amide bonds. The van der Waals surface area contributed by atoms with Crippen LogP contribution >= 0.6 is 0 Å². The second kappa shape index (κ2) is 11.2. The van der Waals surface area contributed by atoms with Gasteiger partial charge in [-0.05, 0) is 51.9 Å². The molecule has 3 heterocycles. The molecular formula is C28H47N5O3. The molecule has 1 aromatic rings. The van der Waals surface area contributed by atoms with Crippen molar-refractivity contribution in [1.82, 2.24) is 24.9 Å². The third-order valence-electron chi connectivity index (χ3n) is 8.98. The Morgan fingerprint density at radius 3 is 2.39 bits per heavy atom. The Kier molecular flexibility index (Phi) is 8.45. The van der Waals surface area contributed by atoms with E-state index < -0.39 is 17.7 Å². The number of carbonyl (C=O) groups excluding carboxylic acids is 2. The van der Waals surface area contributed by atoms with Gasteiger partial charge in [-0.3, -0.25) is 19.2 Å². The number of carbonyl (C=O) groups is 2. The van der Waals surface area contributed by atoms with Crippen molar-refractivity contribution in [2.45, 2.75) is 123 Å². The monoisotopic (exact) mass is 501 g/mol. The number of piperidine rings is 1. The molecule has 36 heavy (non-hydrogen) atoms. The normalized spacial score (nSPS) is 24.5. The second-order valence-electron chi connectivity index (χ2n) is 11.7. The molecule has 2 saturated heterocycles. The van der Waals surface area contributed by atoms with Gasteiger partial charge in [-0.25, -0.2) is 0 Å². The van der Waals surface area contributed by atoms with E-state index in [1.165, 1.54) is 43.4 Å². The topological polar surface area (TPSA) is 90.7 Å². The van der Waals surface area contributed by atoms with Gasteiger partial charge < -0.3 is 15.3 Å². The van der Waals surface area contributed by atoms with Gasteiger partial charge in [0.1, 0.15) is 11.6 Å². The second-order valence-corrected chi connectivity index (χ2v) is 11.7. The Bertz CT molecular complexity index is 928. The maximum atomic E-state index is 13.5. The van der Waals surface area contributed by atoms with Gasteiger partial charge in [0.15, 0.2) is 0 Å². The smallest absolute Gasteiger partial charge is 0.248 e. The predicted molar refractivity (Wildman–Crippen MR) is 140 cm³/mol. The number of hydrogen-bond acceptors (Lipinski definition) is 5. The number of unbranched alkanes of at least 4 members (excludes halogenated alkanes) is 1. The summed E-state index contributed by atoms with van der Waals surface area (Å²) in [5.74, 6) is -0.331. The maximum Gasteiger partial charge on any atom is 0.248 e. The highest BCUT2D eigenvalue weighted by molar-refractivity contribution is 6.00. The van der Waals surface area contributed by atoms with E-state index in [9.17, 15) is 14.7 Å². The number of likely N-dealkylation sites (tertiary alicyclic amines) is 1. The first kappa shape index (κ1) is 27.1. The number of aliphatic hydroxyl groups is 1. The van der Waals surface area contributed by atoms with Gasteiger partial charge in [-0.1, -0.05) is 46.5 Å². The van der Waals surface area contributed by atoms with Crippen molar-refractivity contribution in [1.29, 1.82) is 0 Å². The highest BCUT2D eigenvalue weighted by Crippen LogP contribution is 2.36. The molecule has 0 aromatic carbocycles. The van der Waals surface area contributed by atoms with E-state index in [0.717, 1.165) is 38.2 Å². The minimum atomic E-state index is -0.880. The lowest BCUT2D eigenvalue weighted by atomic mass is 9.80. The Morgan fingerprint density at radius 1 is 1.11 bits per heavy atom. The van der Waals surface area contributed by atoms with Crippen LogP contribution in [0.4, 0.5) is 0 Å². The molecule has 8 heteroatoms. The largest absolute Gasteiger partial charge is 0.390 e. The third-order valence-corrected chi connectivity index (χ3v) is 8.98. The molecule has 2 N–H and O–H groups in total. The summed E-state index contributed by atoms with van der Waals surface area (Å²) < 4.78 is 2.27. The Labute approximate surface area is 216 Å². The quantitative estimate of drug-likeness (QED) is 0.569. The van der Waals surface area contributed by atoms with Crippen LogP contribution in [0.5, 0.6) is 0 Å². The first-order valence-corrected chi connectivity index (χ1v) is 14.3. The summed E-state index contributed by atoms with van der Waals surface area (Å²) in [5, 5.41) is 18.5. The molecule has 4 rings (SSSR count). The van der Waals surface area contributed by atoms with Crippen LogP contribution < -0.4 is 5.32 Å². The summed E-state index contributed by atoms with van der Waals surface area (Å²) in [7, 11) is 0. The first-order chi connectivity index (χ1) is 17.2. The lowest BCUT2D eigenvalue weighted by Gasteiger charge is -2.52. The van der Waals surface area contributed by atoms with Crippen molar-refractivity contribution in [2.24, 2.45) is 5.92 Å². The highest BCUT2D eigenvalue weighted by Gasteiger charge is 2.54. The highest BCUT2D eigenvalue weighted by atomic mass is 16.3. The van der Waals surface area contributed by atoms with E-state index >= 15 is 0 Å². The number of aliphatic hydroxyl groups excluding tert-OH is 1. The lowest BCUT2D eigenvalue weighted by molar-refractivity contribution is -0.165. The van der Waals surface area contributed by atoms with Crippen LogP contribution in [0.1, 0.15) is 102 Å². The minimum Gasteiger partial charge on any atom is -0.390 e. The molecule has 0 radical (unpaired) electrons. The Balaban J connectivity index is 1.48. The summed E-state index contributed by atoms with van der Waals surface area (Å²) in [6.07, 6.45) is 8.51. The van der Waals surface area contributed by atoms with E-state index in [2.05, 4.69) is 35.7 Å². The van der Waals surface area contributed by atoms with Crippen LogP contribution in [0.15, 0.2) is 0 Å². The summed E-state index contributed by atoms with van der Waals surface area (Å²) in [6, 6.07) is -0.331. The number of amides is 2. The fourth-order valence-electron chi connectivity index (χ4n) is 6.50. The molecule has 3 aliphatic rings. The molecule has 0 bridgehead atoms. The van der Waals surface area contributed by atoms with Crippen LogP contribution in [0.2, 0.25) is 0 Å². The predicted octanol–water partition coefficient (Wildman–Crippen LogP) is 3.48. The van der Waals surface area contributed by atoms with Crippen LogP contribution in [-0.2, 0) is 16.1 Å². The van der Waals surface area contributed by atoms with Crippen LogP contribution in [0.3, 0.4) is 0 Å². The summed E-state index contributed by atoms with van der Waals surface area (Å²) in [6.45, 7) is 13.1. The molecule has 2 atom stereocenters. The molecule has 202 valence electrons. The number of nitrogens with zero attached hydrogens (tertiary/aromatic N) is 4. The number of piperazine rings is 1. The van der Waals surface area contributed by atoms with Gasteiger partial charge in [0.2, 0.25) is 11.8 Å².